The Bertz CT molecular complexity index is 9270. The molecule has 139 heavy (non-hydrogen) atoms. The van der Waals surface area contributed by atoms with Crippen molar-refractivity contribution < 1.29 is 13.3 Å². The minimum absolute atomic E-state index is 0.625. The van der Waals surface area contributed by atoms with E-state index in [0.29, 0.717) is 63.8 Å². The third-order valence-electron chi connectivity index (χ3n) is 26.1. The molecule has 28 aromatic rings. The predicted molar refractivity (Wildman–Crippen MR) is 562 cm³/mol. The van der Waals surface area contributed by atoms with E-state index < -0.39 is 0 Å². The summed E-state index contributed by atoms with van der Waals surface area (Å²) in [5.74, 6) is 5.71. The molecule has 0 saturated carbocycles. The monoisotopic (exact) mass is 1780 g/mol. The predicted octanol–water partition coefficient (Wildman–Crippen LogP) is 31.6. The van der Waals surface area contributed by atoms with E-state index in [9.17, 15) is 0 Å². The summed E-state index contributed by atoms with van der Waals surface area (Å²) in [6.07, 6.45) is 5.58. The van der Waals surface area contributed by atoms with Crippen molar-refractivity contribution in [3.8, 4) is 136 Å². The first-order chi connectivity index (χ1) is 68.9. The highest BCUT2D eigenvalue weighted by molar-refractivity contribution is 6.21. The van der Waals surface area contributed by atoms with Gasteiger partial charge >= 0.3 is 0 Å². The van der Waals surface area contributed by atoms with Crippen molar-refractivity contribution >= 4 is 142 Å². The number of rotatable bonds is 12. The zero-order valence-electron chi connectivity index (χ0n) is 74.3. The largest absolute Gasteiger partial charge is 0.454 e. The second kappa shape index (κ2) is 34.2. The van der Waals surface area contributed by atoms with Crippen LogP contribution in [0.3, 0.4) is 0 Å². The first-order valence-electron chi connectivity index (χ1n) is 46.1. The number of aromatic nitrogens is 12. The molecule has 0 aliphatic heterocycles. The Morgan fingerprint density at radius 2 is 0.489 bits per heavy atom. The van der Waals surface area contributed by atoms with Gasteiger partial charge in [0, 0.05) is 100 Å². The number of furan rings is 3. The highest BCUT2D eigenvalue weighted by Crippen LogP contribution is 2.47. The van der Waals surface area contributed by atoms with E-state index in [2.05, 4.69) is 253 Å². The van der Waals surface area contributed by atoms with Crippen LogP contribution in [0, 0.1) is 0 Å². The van der Waals surface area contributed by atoms with Crippen LogP contribution < -0.4 is 0 Å². The number of para-hydroxylation sites is 1. The molecule has 0 bridgehead atoms. The number of fused-ring (bicyclic) bond motifs is 16. The van der Waals surface area contributed by atoms with Crippen molar-refractivity contribution in [3.63, 3.8) is 0 Å². The smallest absolute Gasteiger partial charge is 0.227 e. The van der Waals surface area contributed by atoms with Gasteiger partial charge in [-0.3, -0.25) is 4.98 Å². The number of pyridine rings is 3. The summed E-state index contributed by atoms with van der Waals surface area (Å²) in [6.45, 7) is 0. The van der Waals surface area contributed by atoms with Gasteiger partial charge in [0.1, 0.15) is 16.7 Å². The summed E-state index contributed by atoms with van der Waals surface area (Å²) in [4.78, 5) is 59.1. The first kappa shape index (κ1) is 80.7. The molecule has 0 unspecified atom stereocenters. The Morgan fingerprint density at radius 1 is 0.158 bits per heavy atom. The van der Waals surface area contributed by atoms with E-state index in [4.69, 9.17) is 63.1 Å². The summed E-state index contributed by atoms with van der Waals surface area (Å²) in [6, 6.07) is 147. The average molecular weight is 1780 g/mol. The molecule has 9 aromatic heterocycles. The van der Waals surface area contributed by atoms with Crippen molar-refractivity contribution in [2.75, 3.05) is 0 Å². The molecule has 648 valence electrons. The number of benzene rings is 19. The fourth-order valence-corrected chi connectivity index (χ4v) is 19.6. The van der Waals surface area contributed by atoms with E-state index >= 15 is 0 Å². The molecule has 0 spiro atoms. The van der Waals surface area contributed by atoms with Gasteiger partial charge < -0.3 is 13.3 Å². The lowest BCUT2D eigenvalue weighted by atomic mass is 9.93. The Morgan fingerprint density at radius 3 is 0.957 bits per heavy atom. The van der Waals surface area contributed by atoms with Crippen LogP contribution >= 0.6 is 0 Å². The summed E-state index contributed by atoms with van der Waals surface area (Å²) in [7, 11) is 0. The van der Waals surface area contributed by atoms with Gasteiger partial charge in [-0.25, -0.2) is 54.8 Å². The Hall–Kier alpha value is -19.1. The zero-order chi connectivity index (χ0) is 91.8. The van der Waals surface area contributed by atoms with Gasteiger partial charge in [-0.05, 0) is 147 Å². The van der Waals surface area contributed by atoms with Crippen molar-refractivity contribution in [2.24, 2.45) is 0 Å². The zero-order valence-corrected chi connectivity index (χ0v) is 74.3. The van der Waals surface area contributed by atoms with Crippen molar-refractivity contribution in [1.29, 1.82) is 0 Å². The minimum atomic E-state index is 0.625. The lowest BCUT2D eigenvalue weighted by Gasteiger charge is -2.13. The summed E-state index contributed by atoms with van der Waals surface area (Å²) in [5, 5.41) is 20.7. The van der Waals surface area contributed by atoms with Gasteiger partial charge in [0.25, 0.3) is 0 Å². The fraction of sp³-hybridized carbons (Fsp3) is 0. The lowest BCUT2D eigenvalue weighted by Crippen LogP contribution is -2.00. The molecule has 0 saturated heterocycles. The second-order valence-corrected chi connectivity index (χ2v) is 34.4. The highest BCUT2D eigenvalue weighted by Gasteiger charge is 2.26. The molecule has 0 amide bonds. The van der Waals surface area contributed by atoms with E-state index in [0.717, 1.165) is 197 Å². The summed E-state index contributed by atoms with van der Waals surface area (Å²) < 4.78 is 19.0. The third kappa shape index (κ3) is 14.7. The van der Waals surface area contributed by atoms with Crippen LogP contribution in [-0.2, 0) is 0 Å². The van der Waals surface area contributed by atoms with Crippen LogP contribution in [0.2, 0.25) is 0 Å². The average Bonchev–Trinajstić information content (AvgIpc) is 1.53. The van der Waals surface area contributed by atoms with Crippen LogP contribution in [-0.4, -0.2) is 59.8 Å². The molecule has 15 heteroatoms. The quantitative estimate of drug-likeness (QED) is 0.112. The van der Waals surface area contributed by atoms with Crippen molar-refractivity contribution in [3.05, 3.63) is 449 Å². The molecule has 0 aliphatic rings. The third-order valence-corrected chi connectivity index (χ3v) is 26.1. The molecular formula is C124H74N12O3. The molecule has 9 heterocycles. The van der Waals surface area contributed by atoms with E-state index in [1.54, 1.807) is 6.20 Å². The first-order valence-corrected chi connectivity index (χ1v) is 46.1. The van der Waals surface area contributed by atoms with E-state index in [1.165, 1.54) is 16.2 Å². The summed E-state index contributed by atoms with van der Waals surface area (Å²) >= 11 is 0. The standard InChI is InChI=1S/C44H26N4O.2C40H24N4O/c1-2-11-28(12-3-1)41-46-42(32-21-20-27-10-4-5-13-29(27)24-32)48-43(47-41)37-19-9-16-33-34(17-8-18-35(33)37)36-22-23-45-44-40(36)38-25-30-14-6-7-15-31(30)26-39(38)49-44;1-3-12-25(13-4-1)37-42-38(26-14-5-2-6-15-26)44-39(43-37)32-21-10-17-28-29(18-9-19-30(28)32)31-20-11-23-35-36(31)33-24-27-16-7-8-22-34(27)41-40(33)45-35;1-3-11-25(12-4-1)38-42-39(26-13-5-2-6-14-26)44-40(43-38)32-20-10-17-29-30(32)18-9-19-31(29)34-23-41-24-36-37(34)33-21-27-15-7-8-16-28(27)22-35(33)45-36/h1-26H;2*1-24H. The molecule has 0 atom stereocenters. The second-order valence-electron chi connectivity index (χ2n) is 34.4. The Labute approximate surface area is 794 Å². The number of nitrogens with zero attached hydrogens (tertiary/aromatic N) is 12. The molecule has 0 fully saturated rings. The van der Waals surface area contributed by atoms with E-state index in [-0.39, 0.29) is 0 Å². The van der Waals surface area contributed by atoms with Gasteiger partial charge in [0.15, 0.2) is 58.0 Å². The molecular weight excluding hydrogens is 1710 g/mol. The van der Waals surface area contributed by atoms with Crippen LogP contribution in [0.15, 0.2) is 463 Å². The van der Waals surface area contributed by atoms with Gasteiger partial charge in [-0.15, -0.1) is 0 Å². The summed E-state index contributed by atoms with van der Waals surface area (Å²) in [5.41, 5.74) is 20.4. The molecule has 19 aromatic carbocycles. The normalized spacial score (nSPS) is 11.6. The maximum Gasteiger partial charge on any atom is 0.227 e. The van der Waals surface area contributed by atoms with Crippen molar-refractivity contribution in [1.82, 2.24) is 59.8 Å². The van der Waals surface area contributed by atoms with Gasteiger partial charge in [0.05, 0.1) is 17.1 Å². The highest BCUT2D eigenvalue weighted by atomic mass is 16.3. The maximum atomic E-state index is 6.35. The fourth-order valence-electron chi connectivity index (χ4n) is 19.6. The van der Waals surface area contributed by atoms with Gasteiger partial charge in [-0.1, -0.05) is 376 Å². The number of hydrogen-bond donors (Lipinski definition) is 0. The molecule has 0 radical (unpaired) electrons. The topological polar surface area (TPSA) is 194 Å². The number of hydrogen-bond acceptors (Lipinski definition) is 15. The van der Waals surface area contributed by atoms with Gasteiger partial charge in [0.2, 0.25) is 11.4 Å². The van der Waals surface area contributed by atoms with E-state index in [1.807, 2.05) is 200 Å². The van der Waals surface area contributed by atoms with Crippen LogP contribution in [0.4, 0.5) is 0 Å². The van der Waals surface area contributed by atoms with Crippen LogP contribution in [0.25, 0.3) is 277 Å². The Kier molecular flexibility index (Phi) is 19.8. The molecule has 0 aliphatic carbocycles. The molecule has 15 nitrogen and oxygen atoms in total. The van der Waals surface area contributed by atoms with Crippen molar-refractivity contribution in [2.45, 2.75) is 0 Å². The lowest BCUT2D eigenvalue weighted by molar-refractivity contribution is 0.654. The van der Waals surface area contributed by atoms with Gasteiger partial charge in [-0.2, -0.15) is 0 Å². The molecule has 0 N–H and O–H groups in total. The SMILES string of the molecule is c1ccc(-c2nc(-c3ccc4ccccc4c3)nc(-c3cccc4c(-c5ccnc6oc7cc8ccccc8cc7c56)cccc34)n2)cc1.c1ccc(-c2nc(-c3ccccc3)nc(-c3cccc4c(-c5cccc6oc7nc8ccccc8cc7c56)cccc34)n2)cc1.c1ccc(-c2nc(-c3ccccc3)nc(-c3cccc4c(-c5cncc6oc7cc8ccccc8cc7c56)cccc34)n2)cc1. The van der Waals surface area contributed by atoms with Crippen LogP contribution in [0.1, 0.15) is 0 Å². The Balaban J connectivity index is 0.000000108. The van der Waals surface area contributed by atoms with Crippen LogP contribution in [0.5, 0.6) is 0 Å². The maximum absolute atomic E-state index is 6.35. The minimum Gasteiger partial charge on any atom is -0.454 e. The molecule has 28 rings (SSSR count).